The Kier molecular flexibility index (Phi) is 7.28. The number of hydrogen-bond donors (Lipinski definition) is 2. The number of amides is 2. The van der Waals surface area contributed by atoms with E-state index < -0.39 is 5.97 Å². The van der Waals surface area contributed by atoms with Crippen molar-refractivity contribution in [3.63, 3.8) is 0 Å². The van der Waals surface area contributed by atoms with Crippen LogP contribution in [0.3, 0.4) is 0 Å². The second-order valence-electron chi connectivity index (χ2n) is 3.62. The van der Waals surface area contributed by atoms with Gasteiger partial charge in [-0.05, 0) is 13.5 Å². The maximum Gasteiger partial charge on any atom is 0.323 e. The van der Waals surface area contributed by atoms with Gasteiger partial charge in [0.25, 0.3) is 0 Å². The van der Waals surface area contributed by atoms with Gasteiger partial charge in [-0.25, -0.2) is 4.79 Å². The molecule has 0 saturated carbocycles. The standard InChI is InChI=1S/C10H21N3O3/c1-4-6-13(8-9(14)15)10(16)12(3)7-5-11-2/h11H,4-8H2,1-3H3,(H,14,15). The van der Waals surface area contributed by atoms with Gasteiger partial charge in [0, 0.05) is 26.7 Å². The summed E-state index contributed by atoms with van der Waals surface area (Å²) in [6.45, 7) is 3.39. The van der Waals surface area contributed by atoms with Gasteiger partial charge >= 0.3 is 12.0 Å². The van der Waals surface area contributed by atoms with Crippen molar-refractivity contribution in [3.05, 3.63) is 0 Å². The average Bonchev–Trinajstić information content (AvgIpc) is 2.23. The maximum absolute atomic E-state index is 11.8. The van der Waals surface area contributed by atoms with Crippen LogP contribution >= 0.6 is 0 Å². The first-order chi connectivity index (χ1) is 7.52. The van der Waals surface area contributed by atoms with Crippen LogP contribution in [0.5, 0.6) is 0 Å². The largest absolute Gasteiger partial charge is 0.480 e. The van der Waals surface area contributed by atoms with E-state index in [1.807, 2.05) is 6.92 Å². The molecule has 0 aliphatic carbocycles. The summed E-state index contributed by atoms with van der Waals surface area (Å²) in [6, 6.07) is -0.237. The Morgan fingerprint density at radius 2 is 1.94 bits per heavy atom. The molecule has 16 heavy (non-hydrogen) atoms. The highest BCUT2D eigenvalue weighted by Gasteiger charge is 2.18. The topological polar surface area (TPSA) is 72.9 Å². The summed E-state index contributed by atoms with van der Waals surface area (Å²) in [4.78, 5) is 25.3. The zero-order valence-corrected chi connectivity index (χ0v) is 10.2. The van der Waals surface area contributed by atoms with Gasteiger partial charge in [-0.2, -0.15) is 0 Å². The number of carboxylic acids is 1. The van der Waals surface area contributed by atoms with Gasteiger partial charge in [0.05, 0.1) is 0 Å². The Morgan fingerprint density at radius 3 is 2.38 bits per heavy atom. The number of urea groups is 1. The number of nitrogens with zero attached hydrogens (tertiary/aromatic N) is 2. The van der Waals surface area contributed by atoms with E-state index in [0.29, 0.717) is 19.6 Å². The number of carbonyl (C=O) groups excluding carboxylic acids is 1. The van der Waals surface area contributed by atoms with Crippen molar-refractivity contribution in [2.24, 2.45) is 0 Å². The Hall–Kier alpha value is -1.30. The van der Waals surface area contributed by atoms with Crippen LogP contribution in [0.25, 0.3) is 0 Å². The highest BCUT2D eigenvalue weighted by molar-refractivity contribution is 5.80. The maximum atomic E-state index is 11.8. The fourth-order valence-corrected chi connectivity index (χ4v) is 1.29. The fourth-order valence-electron chi connectivity index (χ4n) is 1.29. The summed E-state index contributed by atoms with van der Waals surface area (Å²) in [5, 5.41) is 11.6. The van der Waals surface area contributed by atoms with Crippen LogP contribution in [0.1, 0.15) is 13.3 Å². The van der Waals surface area contributed by atoms with Crippen LogP contribution in [-0.2, 0) is 4.79 Å². The first-order valence-corrected chi connectivity index (χ1v) is 5.39. The van der Waals surface area contributed by atoms with Crippen LogP contribution in [0, 0.1) is 0 Å². The highest BCUT2D eigenvalue weighted by Crippen LogP contribution is 1.98. The summed E-state index contributed by atoms with van der Waals surface area (Å²) in [5.41, 5.74) is 0. The molecule has 6 nitrogen and oxygen atoms in total. The van der Waals surface area contributed by atoms with Gasteiger partial charge in [0.2, 0.25) is 0 Å². The van der Waals surface area contributed by atoms with Crippen molar-refractivity contribution >= 4 is 12.0 Å². The molecule has 94 valence electrons. The summed E-state index contributed by atoms with van der Waals surface area (Å²) in [5.74, 6) is -0.983. The van der Waals surface area contributed by atoms with Crippen LogP contribution < -0.4 is 5.32 Å². The molecule has 0 unspecified atom stereocenters. The number of carbonyl (C=O) groups is 2. The van der Waals surface area contributed by atoms with Crippen molar-refractivity contribution in [1.29, 1.82) is 0 Å². The quantitative estimate of drug-likeness (QED) is 0.649. The third kappa shape index (κ3) is 5.55. The molecule has 0 aromatic carbocycles. The van der Waals surface area contributed by atoms with E-state index in [0.717, 1.165) is 6.42 Å². The molecule has 2 N–H and O–H groups in total. The number of hydrogen-bond acceptors (Lipinski definition) is 3. The lowest BCUT2D eigenvalue weighted by molar-refractivity contribution is -0.137. The van der Waals surface area contributed by atoms with Crippen molar-refractivity contribution in [2.45, 2.75) is 13.3 Å². The van der Waals surface area contributed by atoms with Crippen molar-refractivity contribution in [3.8, 4) is 0 Å². The van der Waals surface area contributed by atoms with Crippen LogP contribution in [0.2, 0.25) is 0 Å². The number of aliphatic carboxylic acids is 1. The molecule has 0 bridgehead atoms. The van der Waals surface area contributed by atoms with E-state index in [1.165, 1.54) is 9.80 Å². The van der Waals surface area contributed by atoms with Crippen molar-refractivity contribution in [2.75, 3.05) is 40.3 Å². The lowest BCUT2D eigenvalue weighted by Crippen LogP contribution is -2.45. The van der Waals surface area contributed by atoms with Crippen molar-refractivity contribution in [1.82, 2.24) is 15.1 Å². The van der Waals surface area contributed by atoms with Gasteiger partial charge in [-0.15, -0.1) is 0 Å². The number of nitrogens with one attached hydrogen (secondary N) is 1. The smallest absolute Gasteiger partial charge is 0.323 e. The highest BCUT2D eigenvalue weighted by atomic mass is 16.4. The normalized spacial score (nSPS) is 9.94. The molecule has 2 amide bonds. The number of carboxylic acid groups (broad SMARTS) is 1. The minimum atomic E-state index is -0.983. The Balaban J connectivity index is 4.29. The summed E-state index contributed by atoms with van der Waals surface area (Å²) in [7, 11) is 3.48. The molecule has 0 radical (unpaired) electrons. The third-order valence-electron chi connectivity index (χ3n) is 2.11. The zero-order chi connectivity index (χ0) is 12.6. The molecule has 0 atom stereocenters. The van der Waals surface area contributed by atoms with Gasteiger partial charge in [-0.3, -0.25) is 4.79 Å². The minimum absolute atomic E-state index is 0.237. The molecule has 0 aliphatic rings. The molecule has 0 fully saturated rings. The first kappa shape index (κ1) is 14.7. The number of likely N-dealkylation sites (N-methyl/N-ethyl adjacent to an activating group) is 2. The van der Waals surface area contributed by atoms with E-state index in [1.54, 1.807) is 14.1 Å². The molecule has 0 spiro atoms. The molecule has 0 rings (SSSR count). The average molecular weight is 231 g/mol. The Morgan fingerprint density at radius 1 is 1.31 bits per heavy atom. The van der Waals surface area contributed by atoms with E-state index in [2.05, 4.69) is 5.32 Å². The van der Waals surface area contributed by atoms with E-state index in [4.69, 9.17) is 5.11 Å². The fraction of sp³-hybridized carbons (Fsp3) is 0.800. The molecule has 0 aromatic heterocycles. The summed E-state index contributed by atoms with van der Waals surface area (Å²) >= 11 is 0. The minimum Gasteiger partial charge on any atom is -0.480 e. The predicted octanol–water partition coefficient (Wildman–Crippen LogP) is 0.0542. The molecule has 0 heterocycles. The van der Waals surface area contributed by atoms with Gasteiger partial charge in [-0.1, -0.05) is 6.92 Å². The van der Waals surface area contributed by atoms with Gasteiger partial charge in [0.1, 0.15) is 6.54 Å². The lowest BCUT2D eigenvalue weighted by atomic mass is 10.4. The van der Waals surface area contributed by atoms with Gasteiger partial charge < -0.3 is 20.2 Å². The molecular weight excluding hydrogens is 210 g/mol. The van der Waals surface area contributed by atoms with E-state index in [9.17, 15) is 9.59 Å². The Bertz CT molecular complexity index is 233. The molecule has 6 heteroatoms. The van der Waals surface area contributed by atoms with Crippen LogP contribution in [0.15, 0.2) is 0 Å². The van der Waals surface area contributed by atoms with E-state index >= 15 is 0 Å². The second-order valence-corrected chi connectivity index (χ2v) is 3.62. The van der Waals surface area contributed by atoms with Crippen molar-refractivity contribution < 1.29 is 14.7 Å². The molecular formula is C10H21N3O3. The SMILES string of the molecule is CCCN(CC(=O)O)C(=O)N(C)CCNC. The Labute approximate surface area is 96.2 Å². The van der Waals surface area contributed by atoms with Crippen LogP contribution in [-0.4, -0.2) is 67.2 Å². The lowest BCUT2D eigenvalue weighted by Gasteiger charge is -2.26. The predicted molar refractivity (Wildman–Crippen MR) is 61.5 cm³/mol. The molecule has 0 saturated heterocycles. The third-order valence-corrected chi connectivity index (χ3v) is 2.11. The molecule has 0 aromatic rings. The van der Waals surface area contributed by atoms with Gasteiger partial charge in [0.15, 0.2) is 0 Å². The monoisotopic (exact) mass is 231 g/mol. The van der Waals surface area contributed by atoms with E-state index in [-0.39, 0.29) is 12.6 Å². The molecule has 0 aliphatic heterocycles. The summed E-state index contributed by atoms with van der Waals surface area (Å²) < 4.78 is 0. The number of rotatable bonds is 7. The zero-order valence-electron chi connectivity index (χ0n) is 10.2. The first-order valence-electron chi connectivity index (χ1n) is 5.39. The van der Waals surface area contributed by atoms with Crippen LogP contribution in [0.4, 0.5) is 4.79 Å². The summed E-state index contributed by atoms with van der Waals surface area (Å²) in [6.07, 6.45) is 0.749. The second kappa shape index (κ2) is 7.92.